The Balaban J connectivity index is 0. The molecule has 2 rings (SSSR count). The van der Waals surface area contributed by atoms with Crippen molar-refractivity contribution in [3.05, 3.63) is 69.7 Å². The molecule has 7 heteroatoms. The van der Waals surface area contributed by atoms with Gasteiger partial charge in [0, 0.05) is 18.1 Å². The van der Waals surface area contributed by atoms with Gasteiger partial charge < -0.3 is 0 Å². The van der Waals surface area contributed by atoms with Crippen LogP contribution in [0.4, 0.5) is 0 Å². The fourth-order valence-electron chi connectivity index (χ4n) is 1.69. The highest BCUT2D eigenvalue weighted by Crippen LogP contribution is 2.16. The zero-order chi connectivity index (χ0) is 19.0. The normalized spacial score (nSPS) is 8.89. The van der Waals surface area contributed by atoms with E-state index in [9.17, 15) is 19.2 Å². The molecule has 0 aliphatic carbocycles. The molecule has 4 nitrogen and oxygen atoms in total. The molecule has 0 aliphatic rings. The molecule has 27 heavy (non-hydrogen) atoms. The largest absolute Gasteiger partial charge is 0.291 e. The van der Waals surface area contributed by atoms with Crippen LogP contribution >= 0.6 is 39.1 Å². The summed E-state index contributed by atoms with van der Waals surface area (Å²) in [6.45, 7) is 1.23. The van der Waals surface area contributed by atoms with Crippen molar-refractivity contribution in [1.29, 1.82) is 0 Å². The number of rotatable bonds is 5. The Kier molecular flexibility index (Phi) is 13.6. The maximum Gasteiger partial charge on any atom is 0.230 e. The number of alkyl halides is 1. The highest BCUT2D eigenvalue weighted by atomic mass is 79.9. The van der Waals surface area contributed by atoms with Gasteiger partial charge in [-0.25, -0.2) is 0 Å². The van der Waals surface area contributed by atoms with Crippen LogP contribution in [0.25, 0.3) is 0 Å². The molecule has 0 atom stereocenters. The summed E-state index contributed by atoms with van der Waals surface area (Å²) in [6, 6.07) is 13.0. The number of hydrogen-bond donors (Lipinski definition) is 0. The minimum Gasteiger partial charge on any atom is -0.291 e. The van der Waals surface area contributed by atoms with E-state index in [2.05, 4.69) is 15.9 Å². The fraction of sp³-hybridized carbons (Fsp3) is 0.200. The third-order valence-corrected chi connectivity index (χ3v) is 4.10. The van der Waals surface area contributed by atoms with Crippen molar-refractivity contribution in [2.24, 2.45) is 0 Å². The zero-order valence-electron chi connectivity index (χ0n) is 13.1. The minimum atomic E-state index is -0.553. The molecule has 0 fully saturated rings. The number of carbonyl (C=O) groups is 4. The van der Waals surface area contributed by atoms with Gasteiger partial charge in [0.25, 0.3) is 0 Å². The summed E-state index contributed by atoms with van der Waals surface area (Å²) in [7, 11) is 0. The molecule has 0 aromatic heterocycles. The second-order valence-corrected chi connectivity index (χ2v) is 6.11. The van der Waals surface area contributed by atoms with E-state index in [1.165, 1.54) is 19.1 Å². The van der Waals surface area contributed by atoms with Gasteiger partial charge in [0.1, 0.15) is 0 Å². The maximum absolute atomic E-state index is 11.3. The third kappa shape index (κ3) is 8.16. The number of ketones is 4. The van der Waals surface area contributed by atoms with E-state index in [4.69, 9.17) is 23.2 Å². The molecule has 0 unspecified atom stereocenters. The maximum atomic E-state index is 11.3. The number of hydrogen-bond acceptors (Lipinski definition) is 4. The van der Waals surface area contributed by atoms with Crippen molar-refractivity contribution < 1.29 is 19.2 Å². The van der Waals surface area contributed by atoms with Crippen molar-refractivity contribution in [3.63, 3.8) is 0 Å². The quantitative estimate of drug-likeness (QED) is 0.308. The van der Waals surface area contributed by atoms with E-state index in [1.807, 2.05) is 0 Å². The molecule has 0 bridgehead atoms. The lowest BCUT2D eigenvalue weighted by Crippen LogP contribution is -2.15. The lowest BCUT2D eigenvalue weighted by atomic mass is 10.1. The highest BCUT2D eigenvalue weighted by molar-refractivity contribution is 9.09. The number of benzene rings is 2. The van der Waals surface area contributed by atoms with Crippen molar-refractivity contribution in [3.8, 4) is 0 Å². The molecule has 0 saturated carbocycles. The predicted molar refractivity (Wildman–Crippen MR) is 115 cm³/mol. The molecule has 0 amide bonds. The zero-order valence-corrected chi connectivity index (χ0v) is 16.2. The first-order chi connectivity index (χ1) is 11.8. The van der Waals surface area contributed by atoms with Gasteiger partial charge in [-0.15, -0.1) is 0 Å². The Labute approximate surface area is 178 Å². The van der Waals surface area contributed by atoms with E-state index in [1.54, 1.807) is 36.4 Å². The standard InChI is InChI=1S/C9H6BrClO2.C9H7ClO2.2CH4/c10-5-8(12)9(13)6-3-1-2-4-7(6)11;1-6(11)9(12)7-4-2-3-5-8(7)10;;/h1-4H,5H2;2-5H,1H3;2*1H4. The molecule has 0 saturated heterocycles. The molecule has 0 heterocycles. The van der Waals surface area contributed by atoms with Gasteiger partial charge in [-0.05, 0) is 24.3 Å². The van der Waals surface area contributed by atoms with E-state index < -0.39 is 23.1 Å². The smallest absolute Gasteiger partial charge is 0.230 e. The van der Waals surface area contributed by atoms with Gasteiger partial charge in [0.2, 0.25) is 17.3 Å². The van der Waals surface area contributed by atoms with Gasteiger partial charge in [0.15, 0.2) is 5.78 Å². The first-order valence-corrected chi connectivity index (χ1v) is 8.85. The molecule has 2 aromatic carbocycles. The van der Waals surface area contributed by atoms with Crippen molar-refractivity contribution in [2.75, 3.05) is 5.33 Å². The van der Waals surface area contributed by atoms with Crippen LogP contribution in [0.3, 0.4) is 0 Å². The Morgan fingerprint density at radius 3 is 1.48 bits per heavy atom. The van der Waals surface area contributed by atoms with Gasteiger partial charge in [-0.1, -0.05) is 78.3 Å². The lowest BCUT2D eigenvalue weighted by molar-refractivity contribution is -0.113. The number of Topliss-reactive ketones (excluding diaryl/α,β-unsaturated/α-hetero) is 4. The van der Waals surface area contributed by atoms with Crippen LogP contribution in [0.1, 0.15) is 42.5 Å². The van der Waals surface area contributed by atoms with Crippen molar-refractivity contribution in [1.82, 2.24) is 0 Å². The van der Waals surface area contributed by atoms with Crippen LogP contribution in [0.15, 0.2) is 48.5 Å². The average Bonchev–Trinajstić information content (AvgIpc) is 2.61. The fourth-order valence-corrected chi connectivity index (χ4v) is 2.39. The molecule has 146 valence electrons. The summed E-state index contributed by atoms with van der Waals surface area (Å²) in [5, 5.41) is 0.649. The van der Waals surface area contributed by atoms with Crippen LogP contribution in [-0.2, 0) is 9.59 Å². The van der Waals surface area contributed by atoms with Crippen LogP contribution in [0.5, 0.6) is 0 Å². The summed E-state index contributed by atoms with van der Waals surface area (Å²) in [4.78, 5) is 44.2. The number of halogens is 3. The molecule has 0 aliphatic heterocycles. The van der Waals surface area contributed by atoms with Gasteiger partial charge >= 0.3 is 0 Å². The first-order valence-electron chi connectivity index (χ1n) is 6.97. The van der Waals surface area contributed by atoms with Crippen LogP contribution in [0.2, 0.25) is 10.0 Å². The van der Waals surface area contributed by atoms with Crippen LogP contribution in [-0.4, -0.2) is 28.5 Å². The van der Waals surface area contributed by atoms with E-state index >= 15 is 0 Å². The summed E-state index contributed by atoms with van der Waals surface area (Å²) in [6.07, 6.45) is 0. The van der Waals surface area contributed by atoms with E-state index in [0.717, 1.165) is 0 Å². The minimum absolute atomic E-state index is 0. The Hall–Kier alpha value is -1.82. The second-order valence-electron chi connectivity index (χ2n) is 4.73. The lowest BCUT2D eigenvalue weighted by Gasteiger charge is -1.99. The van der Waals surface area contributed by atoms with Crippen LogP contribution < -0.4 is 0 Å². The molecular weight excluding hydrogens is 455 g/mol. The molecular formula is C20H21BrCl2O4. The summed E-state index contributed by atoms with van der Waals surface area (Å²) in [5.74, 6) is -2.08. The predicted octanol–water partition coefficient (Wildman–Crippen LogP) is 5.87. The monoisotopic (exact) mass is 474 g/mol. The van der Waals surface area contributed by atoms with Crippen molar-refractivity contribution >= 4 is 62.3 Å². The molecule has 2 aromatic rings. The Bertz CT molecular complexity index is 819. The molecule has 0 spiro atoms. The van der Waals surface area contributed by atoms with Gasteiger partial charge in [-0.3, -0.25) is 19.2 Å². The topological polar surface area (TPSA) is 68.3 Å². The Morgan fingerprint density at radius 1 is 0.778 bits per heavy atom. The average molecular weight is 476 g/mol. The summed E-state index contributed by atoms with van der Waals surface area (Å²) in [5.41, 5.74) is 0.528. The molecule has 0 radical (unpaired) electrons. The number of carbonyl (C=O) groups excluding carboxylic acids is 4. The molecule has 0 N–H and O–H groups in total. The first kappa shape index (κ1) is 27.4. The summed E-state index contributed by atoms with van der Waals surface area (Å²) < 4.78 is 0. The van der Waals surface area contributed by atoms with Crippen molar-refractivity contribution in [2.45, 2.75) is 21.8 Å². The Morgan fingerprint density at radius 2 is 1.15 bits per heavy atom. The van der Waals surface area contributed by atoms with E-state index in [-0.39, 0.29) is 31.3 Å². The SMILES string of the molecule is C.C.CC(=O)C(=O)c1ccccc1Cl.O=C(CBr)C(=O)c1ccccc1Cl. The second kappa shape index (κ2) is 13.4. The van der Waals surface area contributed by atoms with Gasteiger partial charge in [0.05, 0.1) is 15.4 Å². The summed E-state index contributed by atoms with van der Waals surface area (Å²) >= 11 is 14.3. The van der Waals surface area contributed by atoms with Crippen LogP contribution in [0, 0.1) is 0 Å². The highest BCUT2D eigenvalue weighted by Gasteiger charge is 2.16. The third-order valence-electron chi connectivity index (χ3n) is 2.93. The van der Waals surface area contributed by atoms with E-state index in [0.29, 0.717) is 10.0 Å². The van der Waals surface area contributed by atoms with Gasteiger partial charge in [-0.2, -0.15) is 0 Å².